The lowest BCUT2D eigenvalue weighted by Crippen LogP contribution is -1.71. The van der Waals surface area contributed by atoms with Crippen LogP contribution < -0.4 is 0 Å². The summed E-state index contributed by atoms with van der Waals surface area (Å²) in [6, 6.07) is 0. The summed E-state index contributed by atoms with van der Waals surface area (Å²) in [5.41, 5.74) is 0. The van der Waals surface area contributed by atoms with E-state index >= 15 is 0 Å². The van der Waals surface area contributed by atoms with E-state index < -0.39 is 0 Å². The van der Waals surface area contributed by atoms with Gasteiger partial charge in [0.05, 0.1) is 0 Å². The third-order valence-corrected chi connectivity index (χ3v) is 3.19. The number of H-pyrrole nitrogens is 2. The van der Waals surface area contributed by atoms with Gasteiger partial charge in [-0.2, -0.15) is 0 Å². The van der Waals surface area contributed by atoms with Crippen LogP contribution in [0.3, 0.4) is 0 Å². The Balaban J connectivity index is 1.91. The number of aromatic amines is 2. The molecule has 0 amide bonds. The van der Waals surface area contributed by atoms with Crippen LogP contribution in [0.25, 0.3) is 0 Å². The Morgan fingerprint density at radius 1 is 0.917 bits per heavy atom. The Hall–Kier alpha value is -0.880. The van der Waals surface area contributed by atoms with Crippen LogP contribution in [0.2, 0.25) is 0 Å². The minimum atomic E-state index is 0.886. The summed E-state index contributed by atoms with van der Waals surface area (Å²) in [7, 11) is 3.08. The van der Waals surface area contributed by atoms with Crippen LogP contribution in [-0.2, 0) is 0 Å². The summed E-state index contributed by atoms with van der Waals surface area (Å²) in [6.07, 6.45) is 7.05. The molecule has 2 rings (SSSR count). The molecule has 4 nitrogen and oxygen atoms in total. The lowest BCUT2D eigenvalue weighted by molar-refractivity contribution is 1.06. The van der Waals surface area contributed by atoms with Crippen molar-refractivity contribution in [2.45, 2.75) is 10.3 Å². The van der Waals surface area contributed by atoms with Gasteiger partial charge in [0.25, 0.3) is 0 Å². The van der Waals surface area contributed by atoms with Crippen molar-refractivity contribution in [3.63, 3.8) is 0 Å². The van der Waals surface area contributed by atoms with Crippen molar-refractivity contribution in [1.82, 2.24) is 19.9 Å². The van der Waals surface area contributed by atoms with Crippen molar-refractivity contribution in [3.05, 3.63) is 24.8 Å². The van der Waals surface area contributed by atoms with Crippen LogP contribution in [0.4, 0.5) is 0 Å². The highest BCUT2D eigenvalue weighted by Gasteiger charge is 1.99. The maximum absolute atomic E-state index is 4.06. The van der Waals surface area contributed by atoms with Crippen LogP contribution in [0.5, 0.6) is 0 Å². The van der Waals surface area contributed by atoms with Gasteiger partial charge in [0.2, 0.25) is 0 Å². The largest absolute Gasteiger partial charge is 0.339 e. The molecule has 0 fully saturated rings. The number of aromatic nitrogens is 4. The lowest BCUT2D eigenvalue weighted by Gasteiger charge is -1.91. The summed E-state index contributed by atoms with van der Waals surface area (Å²) < 4.78 is 0. The van der Waals surface area contributed by atoms with Gasteiger partial charge in [-0.3, -0.25) is 0 Å². The molecular weight excluding hydrogens is 192 g/mol. The second-order valence-electron chi connectivity index (χ2n) is 1.96. The maximum atomic E-state index is 4.06. The monoisotopic (exact) mass is 198 g/mol. The zero-order valence-corrected chi connectivity index (χ0v) is 7.65. The summed E-state index contributed by atoms with van der Waals surface area (Å²) in [5, 5.41) is 1.77. The average Bonchev–Trinajstić information content (AvgIpc) is 2.74. The molecule has 0 atom stereocenters. The lowest BCUT2D eigenvalue weighted by atomic mass is 11.0. The third kappa shape index (κ3) is 1.83. The summed E-state index contributed by atoms with van der Waals surface area (Å²) in [6.45, 7) is 0. The van der Waals surface area contributed by atoms with E-state index in [1.165, 1.54) is 0 Å². The molecule has 2 heterocycles. The second kappa shape index (κ2) is 3.68. The minimum Gasteiger partial charge on any atom is -0.339 e. The van der Waals surface area contributed by atoms with E-state index in [2.05, 4.69) is 19.9 Å². The summed E-state index contributed by atoms with van der Waals surface area (Å²) >= 11 is 0. The van der Waals surface area contributed by atoms with Crippen LogP contribution in [0.15, 0.2) is 35.1 Å². The second-order valence-corrected chi connectivity index (χ2v) is 4.06. The minimum absolute atomic E-state index is 0.886. The zero-order valence-electron chi connectivity index (χ0n) is 6.02. The van der Waals surface area contributed by atoms with Crippen molar-refractivity contribution in [2.24, 2.45) is 0 Å². The predicted octanol–water partition coefficient (Wildman–Crippen LogP) is 1.93. The van der Waals surface area contributed by atoms with Gasteiger partial charge >= 0.3 is 0 Å². The van der Waals surface area contributed by atoms with Crippen LogP contribution in [0, 0.1) is 0 Å². The molecule has 0 aliphatic rings. The number of hydrogen-bond acceptors (Lipinski definition) is 4. The van der Waals surface area contributed by atoms with E-state index in [1.54, 1.807) is 46.4 Å². The van der Waals surface area contributed by atoms with Crippen molar-refractivity contribution in [2.75, 3.05) is 0 Å². The molecule has 0 aromatic carbocycles. The van der Waals surface area contributed by atoms with E-state index in [0.29, 0.717) is 0 Å². The molecule has 2 aromatic rings. The van der Waals surface area contributed by atoms with E-state index in [9.17, 15) is 0 Å². The van der Waals surface area contributed by atoms with Crippen LogP contribution >= 0.6 is 21.6 Å². The molecule has 6 heteroatoms. The Bertz CT molecular complexity index is 281. The number of nitrogens with zero attached hydrogens (tertiary/aromatic N) is 2. The van der Waals surface area contributed by atoms with Crippen LogP contribution in [-0.4, -0.2) is 19.9 Å². The van der Waals surface area contributed by atoms with Gasteiger partial charge < -0.3 is 9.97 Å². The Morgan fingerprint density at radius 2 is 1.42 bits per heavy atom. The molecular formula is C6H6N4S2. The molecule has 0 saturated carbocycles. The van der Waals surface area contributed by atoms with Gasteiger partial charge in [0.15, 0.2) is 10.3 Å². The molecule has 0 aliphatic heterocycles. The smallest absolute Gasteiger partial charge is 0.176 e. The Labute approximate surface area is 77.0 Å². The molecule has 0 aliphatic carbocycles. The molecule has 0 spiro atoms. The van der Waals surface area contributed by atoms with Gasteiger partial charge in [-0.25, -0.2) is 9.97 Å². The number of rotatable bonds is 3. The molecule has 12 heavy (non-hydrogen) atoms. The average molecular weight is 198 g/mol. The van der Waals surface area contributed by atoms with Gasteiger partial charge in [-0.1, -0.05) is 0 Å². The standard InChI is InChI=1S/C6H6N4S2/c1-2-8-5(7-1)11-12-6-9-3-4-10-6/h1-4H,(H,7,8)(H,9,10). The molecule has 62 valence electrons. The predicted molar refractivity (Wildman–Crippen MR) is 48.9 cm³/mol. The van der Waals surface area contributed by atoms with E-state index in [1.807, 2.05) is 0 Å². The van der Waals surface area contributed by atoms with Crippen molar-refractivity contribution >= 4 is 21.6 Å². The fourth-order valence-corrected chi connectivity index (χ4v) is 2.29. The van der Waals surface area contributed by atoms with Crippen LogP contribution in [0.1, 0.15) is 0 Å². The number of nitrogens with one attached hydrogen (secondary N) is 2. The molecule has 0 saturated heterocycles. The third-order valence-electron chi connectivity index (χ3n) is 1.15. The number of hydrogen-bond donors (Lipinski definition) is 2. The quantitative estimate of drug-likeness (QED) is 0.740. The zero-order chi connectivity index (χ0) is 8.23. The number of imidazole rings is 2. The van der Waals surface area contributed by atoms with E-state index in [4.69, 9.17) is 0 Å². The first-order valence-electron chi connectivity index (χ1n) is 3.28. The van der Waals surface area contributed by atoms with E-state index in [-0.39, 0.29) is 0 Å². The van der Waals surface area contributed by atoms with E-state index in [0.717, 1.165) is 10.3 Å². The van der Waals surface area contributed by atoms with Crippen molar-refractivity contribution in [1.29, 1.82) is 0 Å². The van der Waals surface area contributed by atoms with Gasteiger partial charge in [-0.15, -0.1) is 0 Å². The van der Waals surface area contributed by atoms with Crippen molar-refractivity contribution in [3.8, 4) is 0 Å². The highest BCUT2D eigenvalue weighted by Crippen LogP contribution is 2.32. The normalized spacial score (nSPS) is 10.3. The SMILES string of the molecule is c1c[nH]c(SSc2ncc[nH]2)n1. The summed E-state index contributed by atoms with van der Waals surface area (Å²) in [4.78, 5) is 14.1. The fraction of sp³-hybridized carbons (Fsp3) is 0. The van der Waals surface area contributed by atoms with Gasteiger partial charge in [-0.05, 0) is 21.6 Å². The molecule has 2 N–H and O–H groups in total. The summed E-state index contributed by atoms with van der Waals surface area (Å²) in [5.74, 6) is 0. The highest BCUT2D eigenvalue weighted by molar-refractivity contribution is 8.76. The Morgan fingerprint density at radius 3 is 1.75 bits per heavy atom. The van der Waals surface area contributed by atoms with Crippen molar-refractivity contribution < 1.29 is 0 Å². The first-order chi connectivity index (χ1) is 5.95. The fourth-order valence-electron chi connectivity index (χ4n) is 0.672. The molecule has 0 radical (unpaired) electrons. The topological polar surface area (TPSA) is 57.4 Å². The maximum Gasteiger partial charge on any atom is 0.176 e. The first-order valence-corrected chi connectivity index (χ1v) is 5.43. The highest BCUT2D eigenvalue weighted by atomic mass is 33.1. The van der Waals surface area contributed by atoms with Gasteiger partial charge in [0, 0.05) is 24.8 Å². The first kappa shape index (κ1) is 7.75. The molecule has 0 bridgehead atoms. The van der Waals surface area contributed by atoms with Gasteiger partial charge in [0.1, 0.15) is 0 Å². The molecule has 0 unspecified atom stereocenters. The molecule has 2 aromatic heterocycles. The Kier molecular flexibility index (Phi) is 2.38.